The van der Waals surface area contributed by atoms with Gasteiger partial charge in [0.1, 0.15) is 5.01 Å². The first-order chi connectivity index (χ1) is 10.7. The monoisotopic (exact) mass is 332 g/mol. The van der Waals surface area contributed by atoms with Crippen molar-refractivity contribution in [1.29, 1.82) is 5.26 Å². The molecule has 1 atom stereocenters. The Morgan fingerprint density at radius 3 is 2.73 bits per heavy atom. The van der Waals surface area contributed by atoms with Crippen molar-refractivity contribution >= 4 is 28.7 Å². The Morgan fingerprint density at radius 1 is 1.36 bits per heavy atom. The number of nitriles is 1. The van der Waals surface area contributed by atoms with Crippen molar-refractivity contribution < 1.29 is 4.79 Å². The number of benzene rings is 1. The van der Waals surface area contributed by atoms with E-state index in [1.165, 1.54) is 11.3 Å². The predicted octanol–water partition coefficient (Wildman–Crippen LogP) is 5.22. The second-order valence-corrected chi connectivity index (χ2v) is 6.39. The topological polar surface area (TPSA) is 53.8 Å². The second kappa shape index (κ2) is 8.07. The van der Waals surface area contributed by atoms with Crippen LogP contribution in [0.15, 0.2) is 29.6 Å². The van der Waals surface area contributed by atoms with E-state index >= 15 is 0 Å². The molecule has 0 aliphatic heterocycles. The molecule has 3 nitrogen and oxygen atoms in total. The predicted molar refractivity (Wildman–Crippen MR) is 90.1 cm³/mol. The van der Waals surface area contributed by atoms with Crippen LogP contribution >= 0.6 is 22.9 Å². The van der Waals surface area contributed by atoms with Crippen molar-refractivity contribution in [3.8, 4) is 17.3 Å². The molecule has 22 heavy (non-hydrogen) atoms. The van der Waals surface area contributed by atoms with Crippen LogP contribution in [-0.2, 0) is 4.79 Å². The van der Waals surface area contributed by atoms with E-state index in [1.807, 2.05) is 17.5 Å². The van der Waals surface area contributed by atoms with E-state index in [9.17, 15) is 10.1 Å². The molecule has 0 spiro atoms. The van der Waals surface area contributed by atoms with Crippen molar-refractivity contribution in [2.24, 2.45) is 0 Å². The summed E-state index contributed by atoms with van der Waals surface area (Å²) in [6, 6.07) is 9.46. The number of carbonyl (C=O) groups excluding carboxylic acids is 1. The second-order valence-electron chi connectivity index (χ2n) is 5.06. The zero-order valence-electron chi connectivity index (χ0n) is 12.4. The standard InChI is InChI=1S/C17H17ClN2OS/c1-2-3-4-5-16(21)14(10-19)17-20-15(11-22-17)12-6-8-13(18)9-7-12/h6-9,11,14H,2-5H2,1H3. The lowest BCUT2D eigenvalue weighted by Gasteiger charge is -2.04. The molecule has 0 bridgehead atoms. The van der Waals surface area contributed by atoms with Gasteiger partial charge in [-0.15, -0.1) is 11.3 Å². The maximum Gasteiger partial charge on any atom is 0.156 e. The van der Waals surface area contributed by atoms with Gasteiger partial charge in [-0.2, -0.15) is 5.26 Å². The van der Waals surface area contributed by atoms with Crippen molar-refractivity contribution in [2.75, 3.05) is 0 Å². The Hall–Kier alpha value is -1.70. The molecule has 1 aromatic carbocycles. The molecular formula is C17H17ClN2OS. The highest BCUT2D eigenvalue weighted by molar-refractivity contribution is 7.10. The Bertz CT molecular complexity index is 673. The molecule has 0 radical (unpaired) electrons. The molecule has 0 N–H and O–H groups in total. The third-order valence-electron chi connectivity index (χ3n) is 3.39. The van der Waals surface area contributed by atoms with E-state index < -0.39 is 5.92 Å². The number of hydrogen-bond acceptors (Lipinski definition) is 4. The van der Waals surface area contributed by atoms with E-state index in [1.54, 1.807) is 12.1 Å². The van der Waals surface area contributed by atoms with Crippen LogP contribution in [0.3, 0.4) is 0 Å². The number of thiazole rings is 1. The van der Waals surface area contributed by atoms with Crippen molar-refractivity contribution in [3.63, 3.8) is 0 Å². The molecule has 1 aromatic heterocycles. The normalized spacial score (nSPS) is 11.9. The molecule has 2 rings (SSSR count). The summed E-state index contributed by atoms with van der Waals surface area (Å²) >= 11 is 7.24. The molecule has 114 valence electrons. The lowest BCUT2D eigenvalue weighted by atomic mass is 10.0. The van der Waals surface area contributed by atoms with Gasteiger partial charge >= 0.3 is 0 Å². The first kappa shape index (κ1) is 16.7. The zero-order valence-corrected chi connectivity index (χ0v) is 14.0. The fourth-order valence-electron chi connectivity index (χ4n) is 2.13. The fraction of sp³-hybridized carbons (Fsp3) is 0.353. The highest BCUT2D eigenvalue weighted by Gasteiger charge is 2.23. The SMILES string of the molecule is CCCCCC(=O)C(C#N)c1nc(-c2ccc(Cl)cc2)cs1. The number of unbranched alkanes of at least 4 members (excludes halogenated alkanes) is 2. The van der Waals surface area contributed by atoms with E-state index in [4.69, 9.17) is 11.6 Å². The largest absolute Gasteiger partial charge is 0.298 e. The first-order valence-corrected chi connectivity index (χ1v) is 8.55. The third kappa shape index (κ3) is 4.16. The maximum atomic E-state index is 12.2. The Balaban J connectivity index is 2.13. The average molecular weight is 333 g/mol. The Labute approximate surface area is 139 Å². The van der Waals surface area contributed by atoms with Crippen molar-refractivity contribution in [1.82, 2.24) is 4.98 Å². The highest BCUT2D eigenvalue weighted by Crippen LogP contribution is 2.28. The number of carbonyl (C=O) groups is 1. The lowest BCUT2D eigenvalue weighted by molar-refractivity contribution is -0.119. The van der Waals surface area contributed by atoms with Crippen LogP contribution in [0.2, 0.25) is 5.02 Å². The fourth-order valence-corrected chi connectivity index (χ4v) is 3.15. The van der Waals surface area contributed by atoms with Gasteiger partial charge in [0.2, 0.25) is 0 Å². The van der Waals surface area contributed by atoms with Gasteiger partial charge in [0.05, 0.1) is 11.8 Å². The van der Waals surface area contributed by atoms with Crippen LogP contribution in [0.4, 0.5) is 0 Å². The molecule has 0 aliphatic rings. The number of ketones is 1. The number of halogens is 1. The van der Waals surface area contributed by atoms with Gasteiger partial charge in [-0.3, -0.25) is 4.79 Å². The molecular weight excluding hydrogens is 316 g/mol. The molecule has 1 unspecified atom stereocenters. The lowest BCUT2D eigenvalue weighted by Crippen LogP contribution is -2.10. The zero-order chi connectivity index (χ0) is 15.9. The van der Waals surface area contributed by atoms with Crippen molar-refractivity contribution in [3.05, 3.63) is 39.7 Å². The van der Waals surface area contributed by atoms with Gasteiger partial charge in [-0.1, -0.05) is 43.5 Å². The van der Waals surface area contributed by atoms with Gasteiger partial charge in [0, 0.05) is 22.4 Å². The van der Waals surface area contributed by atoms with Gasteiger partial charge in [-0.25, -0.2) is 4.98 Å². The molecule has 0 amide bonds. The van der Waals surface area contributed by atoms with Crippen LogP contribution in [0.1, 0.15) is 43.5 Å². The third-order valence-corrected chi connectivity index (χ3v) is 4.55. The summed E-state index contributed by atoms with van der Waals surface area (Å²) in [5.41, 5.74) is 1.71. The van der Waals surface area contributed by atoms with Crippen LogP contribution in [0.5, 0.6) is 0 Å². The van der Waals surface area contributed by atoms with Gasteiger partial charge in [-0.05, 0) is 18.6 Å². The van der Waals surface area contributed by atoms with E-state index in [0.717, 1.165) is 30.5 Å². The van der Waals surface area contributed by atoms with Crippen LogP contribution in [-0.4, -0.2) is 10.8 Å². The number of hydrogen-bond donors (Lipinski definition) is 0. The van der Waals surface area contributed by atoms with E-state index in [2.05, 4.69) is 18.0 Å². The number of aromatic nitrogens is 1. The van der Waals surface area contributed by atoms with Gasteiger partial charge in [0.15, 0.2) is 11.7 Å². The summed E-state index contributed by atoms with van der Waals surface area (Å²) < 4.78 is 0. The smallest absolute Gasteiger partial charge is 0.156 e. The molecule has 0 saturated carbocycles. The molecule has 1 heterocycles. The highest BCUT2D eigenvalue weighted by atomic mass is 35.5. The van der Waals surface area contributed by atoms with E-state index in [-0.39, 0.29) is 5.78 Å². The van der Waals surface area contributed by atoms with Gasteiger partial charge in [0.25, 0.3) is 0 Å². The number of rotatable bonds is 7. The summed E-state index contributed by atoms with van der Waals surface area (Å²) in [6.45, 7) is 2.09. The molecule has 0 aliphatic carbocycles. The summed E-state index contributed by atoms with van der Waals surface area (Å²) in [6.07, 6.45) is 3.35. The molecule has 0 saturated heterocycles. The minimum absolute atomic E-state index is 0.0343. The van der Waals surface area contributed by atoms with E-state index in [0.29, 0.717) is 16.5 Å². The summed E-state index contributed by atoms with van der Waals surface area (Å²) in [5.74, 6) is -0.782. The molecule has 5 heteroatoms. The maximum absolute atomic E-state index is 12.2. The average Bonchev–Trinajstić information content (AvgIpc) is 2.98. The minimum atomic E-state index is -0.747. The number of nitrogens with zero attached hydrogens (tertiary/aromatic N) is 2. The first-order valence-electron chi connectivity index (χ1n) is 7.29. The van der Waals surface area contributed by atoms with Crippen LogP contribution < -0.4 is 0 Å². The quantitative estimate of drug-likeness (QED) is 0.653. The molecule has 2 aromatic rings. The Kier molecular flexibility index (Phi) is 6.11. The van der Waals surface area contributed by atoms with Crippen molar-refractivity contribution in [2.45, 2.75) is 38.5 Å². The number of Topliss-reactive ketones (excluding diaryl/α,β-unsaturated/α-hetero) is 1. The summed E-state index contributed by atoms with van der Waals surface area (Å²) in [5, 5.41) is 12.4. The minimum Gasteiger partial charge on any atom is -0.298 e. The Morgan fingerprint density at radius 2 is 2.09 bits per heavy atom. The van der Waals surface area contributed by atoms with Crippen LogP contribution in [0.25, 0.3) is 11.3 Å². The van der Waals surface area contributed by atoms with Crippen LogP contribution in [0, 0.1) is 11.3 Å². The summed E-state index contributed by atoms with van der Waals surface area (Å²) in [4.78, 5) is 16.6. The van der Waals surface area contributed by atoms with Gasteiger partial charge < -0.3 is 0 Å². The molecule has 0 fully saturated rings. The summed E-state index contributed by atoms with van der Waals surface area (Å²) in [7, 11) is 0.